The fourth-order valence-electron chi connectivity index (χ4n) is 4.23. The number of halogens is 3. The Labute approximate surface area is 229 Å². The number of β-amino-alcohol motifs (C(OH)–C–C–N with tert-alkyl or cyclic N) is 1. The van der Waals surface area contributed by atoms with E-state index in [1.807, 2.05) is 32.0 Å². The Balaban J connectivity index is 2.06. The summed E-state index contributed by atoms with van der Waals surface area (Å²) in [5.41, 5.74) is -0.143. The highest BCUT2D eigenvalue weighted by Crippen LogP contribution is 2.35. The van der Waals surface area contributed by atoms with Crippen molar-refractivity contribution in [1.29, 1.82) is 0 Å². The van der Waals surface area contributed by atoms with E-state index in [0.717, 1.165) is 35.7 Å². The van der Waals surface area contributed by atoms with Gasteiger partial charge in [-0.05, 0) is 74.8 Å². The Kier molecular flexibility index (Phi) is 11.5. The average molecular weight is 573 g/mol. The molecule has 0 saturated heterocycles. The maximum absolute atomic E-state index is 13.6. The van der Waals surface area contributed by atoms with E-state index >= 15 is 0 Å². The molecule has 218 valence electrons. The van der Waals surface area contributed by atoms with Crippen LogP contribution in [0.2, 0.25) is 0 Å². The number of aliphatic hydroxyl groups is 1. The lowest BCUT2D eigenvalue weighted by molar-refractivity contribution is -0.138. The van der Waals surface area contributed by atoms with Crippen LogP contribution in [-0.4, -0.2) is 60.7 Å². The van der Waals surface area contributed by atoms with E-state index in [1.165, 1.54) is 12.6 Å². The third-order valence-corrected chi connectivity index (χ3v) is 8.52. The van der Waals surface area contributed by atoms with Crippen molar-refractivity contribution in [1.82, 2.24) is 9.62 Å². The molecule has 0 bridgehead atoms. The number of carbonyl (C=O) groups is 1. The molecule has 0 radical (unpaired) electrons. The molecule has 2 aromatic rings. The van der Waals surface area contributed by atoms with E-state index in [4.69, 9.17) is 5.11 Å². The highest BCUT2D eigenvalue weighted by atomic mass is 32.2. The molecule has 11 heteroatoms. The molecule has 0 amide bonds. The Morgan fingerprint density at radius 2 is 1.74 bits per heavy atom. The zero-order chi connectivity index (χ0) is 29.4. The molecule has 0 saturated carbocycles. The molecule has 0 spiro atoms. The second-order valence-electron chi connectivity index (χ2n) is 10.7. The first-order chi connectivity index (χ1) is 18.0. The molecule has 7 nitrogen and oxygen atoms in total. The van der Waals surface area contributed by atoms with Gasteiger partial charge in [-0.25, -0.2) is 8.42 Å². The van der Waals surface area contributed by atoms with Gasteiger partial charge in [0, 0.05) is 32.1 Å². The molecule has 2 aromatic carbocycles. The van der Waals surface area contributed by atoms with Crippen molar-refractivity contribution in [3.8, 4) is 0 Å². The van der Waals surface area contributed by atoms with Crippen LogP contribution in [0.25, 0.3) is 0 Å². The van der Waals surface area contributed by atoms with Gasteiger partial charge in [0.25, 0.3) is 0 Å². The molecule has 0 aliphatic carbocycles. The summed E-state index contributed by atoms with van der Waals surface area (Å²) >= 11 is 0. The van der Waals surface area contributed by atoms with Gasteiger partial charge >= 0.3 is 12.1 Å². The summed E-state index contributed by atoms with van der Waals surface area (Å²) in [6.45, 7) is 5.30. The van der Waals surface area contributed by atoms with E-state index in [-0.39, 0.29) is 37.0 Å². The molecule has 0 aliphatic rings. The van der Waals surface area contributed by atoms with Crippen LogP contribution in [-0.2, 0) is 27.4 Å². The van der Waals surface area contributed by atoms with Crippen molar-refractivity contribution in [3.05, 3.63) is 65.2 Å². The Morgan fingerprint density at radius 1 is 1.10 bits per heavy atom. The number of hydrogen-bond acceptors (Lipinski definition) is 5. The number of hydrogen-bond donors (Lipinski definition) is 3. The molecule has 2 rings (SSSR count). The summed E-state index contributed by atoms with van der Waals surface area (Å²) in [5, 5.41) is 22.7. The molecule has 39 heavy (non-hydrogen) atoms. The van der Waals surface area contributed by atoms with E-state index < -0.39 is 44.6 Å². The highest BCUT2D eigenvalue weighted by Gasteiger charge is 2.34. The maximum atomic E-state index is 13.6. The van der Waals surface area contributed by atoms with Gasteiger partial charge in [0.1, 0.15) is 0 Å². The summed E-state index contributed by atoms with van der Waals surface area (Å²) in [5.74, 6) is -1.70. The molecule has 0 aromatic heterocycles. The van der Waals surface area contributed by atoms with Crippen LogP contribution in [0.3, 0.4) is 0 Å². The van der Waals surface area contributed by atoms with Crippen molar-refractivity contribution in [2.45, 2.75) is 81.5 Å². The van der Waals surface area contributed by atoms with Crippen LogP contribution < -0.4 is 5.32 Å². The molecular weight excluding hydrogens is 533 g/mol. The van der Waals surface area contributed by atoms with Gasteiger partial charge in [-0.3, -0.25) is 4.79 Å². The topological polar surface area (TPSA) is 107 Å². The van der Waals surface area contributed by atoms with Gasteiger partial charge in [-0.15, -0.1) is 0 Å². The molecule has 0 heterocycles. The average Bonchev–Trinajstić information content (AvgIpc) is 2.85. The number of aryl methyl sites for hydroxylation is 1. The first-order valence-corrected chi connectivity index (χ1v) is 14.3. The number of rotatable bonds is 15. The third kappa shape index (κ3) is 10.6. The molecule has 0 aliphatic heterocycles. The van der Waals surface area contributed by atoms with Gasteiger partial charge < -0.3 is 15.5 Å². The zero-order valence-corrected chi connectivity index (χ0v) is 23.6. The quantitative estimate of drug-likeness (QED) is 0.276. The van der Waals surface area contributed by atoms with Crippen molar-refractivity contribution >= 4 is 16.0 Å². The number of benzene rings is 2. The van der Waals surface area contributed by atoms with Crippen LogP contribution in [0.1, 0.15) is 69.1 Å². The lowest BCUT2D eigenvalue weighted by Crippen LogP contribution is -2.46. The monoisotopic (exact) mass is 572 g/mol. The van der Waals surface area contributed by atoms with Crippen molar-refractivity contribution < 1.29 is 36.6 Å². The van der Waals surface area contributed by atoms with E-state index in [1.54, 1.807) is 6.92 Å². The first kappa shape index (κ1) is 32.7. The van der Waals surface area contributed by atoms with Crippen LogP contribution in [0.5, 0.6) is 0 Å². The standard InChI is InChI=1S/C28H39F3N2O5S/c1-20(12-13-26(35)36)22-15-23(28(29,30)31)17-25(16-22)39(37,38)33(4)19-24(34)18-32-27(2,3)14-8-11-21-9-6-5-7-10-21/h5-7,9-10,15-17,20,24,32,34H,8,11-14,18-19H2,1-4H3,(H,35,36)/t20?,24-/m0/s1. The maximum Gasteiger partial charge on any atom is 0.416 e. The summed E-state index contributed by atoms with van der Waals surface area (Å²) in [4.78, 5) is 10.3. The second kappa shape index (κ2) is 13.7. The van der Waals surface area contributed by atoms with Crippen LogP contribution in [0.4, 0.5) is 13.2 Å². The Bertz CT molecular complexity index is 1190. The fourth-order valence-corrected chi connectivity index (χ4v) is 5.52. The van der Waals surface area contributed by atoms with Crippen LogP contribution >= 0.6 is 0 Å². The minimum atomic E-state index is -4.79. The number of aliphatic carboxylic acids is 1. The number of nitrogens with one attached hydrogen (secondary N) is 1. The van der Waals surface area contributed by atoms with E-state index in [9.17, 15) is 31.5 Å². The smallest absolute Gasteiger partial charge is 0.416 e. The minimum absolute atomic E-state index is 0.0531. The number of alkyl halides is 3. The molecular formula is C28H39F3N2O5S. The number of nitrogens with zero attached hydrogens (tertiary/aromatic N) is 1. The van der Waals surface area contributed by atoms with Crippen LogP contribution in [0, 0.1) is 0 Å². The van der Waals surface area contributed by atoms with Gasteiger partial charge in [-0.2, -0.15) is 17.5 Å². The van der Waals surface area contributed by atoms with Crippen molar-refractivity contribution in [2.24, 2.45) is 0 Å². The number of aliphatic hydroxyl groups excluding tert-OH is 1. The summed E-state index contributed by atoms with van der Waals surface area (Å²) in [7, 11) is -3.17. The Hall–Kier alpha value is -2.47. The predicted molar refractivity (Wildman–Crippen MR) is 144 cm³/mol. The fraction of sp³-hybridized carbons (Fsp3) is 0.536. The number of carboxylic acid groups (broad SMARTS) is 1. The lowest BCUT2D eigenvalue weighted by Gasteiger charge is -2.29. The van der Waals surface area contributed by atoms with E-state index in [0.29, 0.717) is 6.07 Å². The minimum Gasteiger partial charge on any atom is -0.481 e. The lowest BCUT2D eigenvalue weighted by atomic mass is 9.94. The van der Waals surface area contributed by atoms with Gasteiger partial charge in [0.2, 0.25) is 10.0 Å². The number of carboxylic acids is 1. The largest absolute Gasteiger partial charge is 0.481 e. The van der Waals surface area contributed by atoms with Gasteiger partial charge in [0.15, 0.2) is 0 Å². The summed E-state index contributed by atoms with van der Waals surface area (Å²) < 4.78 is 67.9. The van der Waals surface area contributed by atoms with Crippen molar-refractivity contribution in [3.63, 3.8) is 0 Å². The highest BCUT2D eigenvalue weighted by molar-refractivity contribution is 7.89. The predicted octanol–water partition coefficient (Wildman–Crippen LogP) is 5.05. The normalized spacial score (nSPS) is 14.4. The molecule has 3 N–H and O–H groups in total. The summed E-state index contributed by atoms with van der Waals surface area (Å²) in [6, 6.07) is 12.6. The molecule has 1 unspecified atom stereocenters. The molecule has 0 fully saturated rings. The van der Waals surface area contributed by atoms with Gasteiger partial charge in [-0.1, -0.05) is 37.3 Å². The van der Waals surface area contributed by atoms with Gasteiger partial charge in [0.05, 0.1) is 16.6 Å². The number of likely N-dealkylation sites (N-methyl/N-ethyl adjacent to an activating group) is 1. The number of sulfonamides is 1. The Morgan fingerprint density at radius 3 is 2.33 bits per heavy atom. The SMILES string of the molecule is CC(CCC(=O)O)c1cc(C(F)(F)F)cc(S(=O)(=O)N(C)C[C@@H](O)CNC(C)(C)CCCc2ccccc2)c1. The first-order valence-electron chi connectivity index (χ1n) is 12.9. The van der Waals surface area contributed by atoms with Crippen molar-refractivity contribution in [2.75, 3.05) is 20.1 Å². The second-order valence-corrected chi connectivity index (χ2v) is 12.7. The van der Waals surface area contributed by atoms with E-state index in [2.05, 4.69) is 17.4 Å². The van der Waals surface area contributed by atoms with Crippen LogP contribution in [0.15, 0.2) is 53.4 Å². The molecule has 2 atom stereocenters. The third-order valence-electron chi connectivity index (χ3n) is 6.72. The summed E-state index contributed by atoms with van der Waals surface area (Å²) in [6.07, 6.45) is -3.46. The zero-order valence-electron chi connectivity index (χ0n) is 22.8.